The zero-order valence-electron chi connectivity index (χ0n) is 12.6. The molecular weight excluding hydrogens is 345 g/mol. The number of carbonyl (C=O) groups excluding carboxylic acids is 1. The number of aryl methyl sites for hydroxylation is 1. The van der Waals surface area contributed by atoms with Crippen LogP contribution in [-0.4, -0.2) is 16.1 Å². The highest BCUT2D eigenvalue weighted by atomic mass is 32.1. The minimum atomic E-state index is -0.303. The van der Waals surface area contributed by atoms with Crippen molar-refractivity contribution in [2.24, 2.45) is 0 Å². The molecule has 0 aliphatic rings. The number of fused-ring (bicyclic) bond motifs is 1. The van der Waals surface area contributed by atoms with Crippen LogP contribution in [-0.2, 0) is 0 Å². The minimum Gasteiger partial charge on any atom is -0.304 e. The molecule has 24 heavy (non-hydrogen) atoms. The van der Waals surface area contributed by atoms with E-state index >= 15 is 0 Å². The monoisotopic (exact) mass is 357 g/mol. The van der Waals surface area contributed by atoms with E-state index in [1.807, 2.05) is 24.4 Å². The van der Waals surface area contributed by atoms with Gasteiger partial charge in [0, 0.05) is 10.8 Å². The number of anilines is 1. The summed E-state index contributed by atoms with van der Waals surface area (Å²) in [7, 11) is 0. The number of hydrogen-bond donors (Lipinski definition) is 2. The predicted octanol–water partition coefficient (Wildman–Crippen LogP) is 5.05. The number of rotatable bonds is 3. The van der Waals surface area contributed by atoms with Crippen molar-refractivity contribution in [1.82, 2.24) is 10.2 Å². The first-order chi connectivity index (χ1) is 11.6. The van der Waals surface area contributed by atoms with Gasteiger partial charge in [0.2, 0.25) is 0 Å². The highest BCUT2D eigenvalue weighted by Crippen LogP contribution is 2.32. The number of carbonyl (C=O) groups is 1. The Labute approximate surface area is 145 Å². The first-order valence-corrected chi connectivity index (χ1v) is 8.91. The Kier molecular flexibility index (Phi) is 3.66. The van der Waals surface area contributed by atoms with Crippen LogP contribution in [0.5, 0.6) is 0 Å². The highest BCUT2D eigenvalue weighted by molar-refractivity contribution is 7.21. The van der Waals surface area contributed by atoms with Crippen LogP contribution in [0.3, 0.4) is 0 Å². The molecule has 0 bridgehead atoms. The molecule has 0 atom stereocenters. The van der Waals surface area contributed by atoms with E-state index in [1.165, 1.54) is 23.5 Å². The quantitative estimate of drug-likeness (QED) is 0.539. The molecule has 0 aliphatic heterocycles. The Hall–Kier alpha value is -2.51. The van der Waals surface area contributed by atoms with Crippen molar-refractivity contribution in [1.29, 1.82) is 0 Å². The number of thiophene rings is 2. The van der Waals surface area contributed by atoms with Gasteiger partial charge in [-0.1, -0.05) is 6.07 Å². The van der Waals surface area contributed by atoms with Crippen molar-refractivity contribution in [3.05, 3.63) is 58.0 Å². The van der Waals surface area contributed by atoms with Crippen LogP contribution in [0.2, 0.25) is 0 Å². The average molecular weight is 357 g/mol. The van der Waals surface area contributed by atoms with Gasteiger partial charge in [0.1, 0.15) is 5.82 Å². The van der Waals surface area contributed by atoms with Gasteiger partial charge in [-0.05, 0) is 47.5 Å². The van der Waals surface area contributed by atoms with Crippen LogP contribution in [0, 0.1) is 12.7 Å². The Morgan fingerprint density at radius 3 is 2.96 bits per heavy atom. The second-order valence-electron chi connectivity index (χ2n) is 5.29. The second-order valence-corrected chi connectivity index (χ2v) is 7.29. The molecule has 0 spiro atoms. The van der Waals surface area contributed by atoms with E-state index in [9.17, 15) is 9.18 Å². The molecule has 0 aliphatic carbocycles. The van der Waals surface area contributed by atoms with Crippen LogP contribution in [0.1, 0.15) is 15.2 Å². The maximum Gasteiger partial charge on any atom is 0.267 e. The molecule has 1 amide bonds. The summed E-state index contributed by atoms with van der Waals surface area (Å²) in [6.45, 7) is 1.83. The fraction of sp³-hybridized carbons (Fsp3) is 0.0588. The molecule has 120 valence electrons. The number of halogens is 1. The van der Waals surface area contributed by atoms with Crippen LogP contribution >= 0.6 is 22.7 Å². The van der Waals surface area contributed by atoms with Gasteiger partial charge < -0.3 is 5.32 Å². The lowest BCUT2D eigenvalue weighted by atomic mass is 10.1. The SMILES string of the molecule is Cc1c(C(=O)Nc2cc(-c3cccs3)[nH]n2)sc2ccc(F)cc12. The standard InChI is InChI=1S/C17H12FN3OS2/c1-9-11-7-10(18)4-5-13(11)24-16(9)17(22)19-15-8-12(20-21-15)14-3-2-6-23-14/h2-8H,1H3,(H2,19,20,21,22). The van der Waals surface area contributed by atoms with E-state index in [4.69, 9.17) is 0 Å². The fourth-order valence-electron chi connectivity index (χ4n) is 2.53. The summed E-state index contributed by atoms with van der Waals surface area (Å²) >= 11 is 2.94. The molecule has 4 nitrogen and oxygen atoms in total. The van der Waals surface area contributed by atoms with E-state index in [1.54, 1.807) is 23.5 Å². The lowest BCUT2D eigenvalue weighted by molar-refractivity contribution is 0.102. The van der Waals surface area contributed by atoms with E-state index in [0.29, 0.717) is 10.7 Å². The molecule has 1 aromatic carbocycles. The number of amides is 1. The summed E-state index contributed by atoms with van der Waals surface area (Å²) in [6, 6.07) is 10.3. The fourth-order valence-corrected chi connectivity index (χ4v) is 4.30. The Morgan fingerprint density at radius 1 is 1.29 bits per heavy atom. The third-order valence-electron chi connectivity index (χ3n) is 3.71. The Balaban J connectivity index is 1.62. The summed E-state index contributed by atoms with van der Waals surface area (Å²) in [5.74, 6) is -0.0759. The summed E-state index contributed by atoms with van der Waals surface area (Å²) in [6.07, 6.45) is 0. The van der Waals surface area contributed by atoms with E-state index in [2.05, 4.69) is 15.5 Å². The molecule has 0 radical (unpaired) electrons. The molecule has 7 heteroatoms. The van der Waals surface area contributed by atoms with Gasteiger partial charge in [-0.3, -0.25) is 9.89 Å². The predicted molar refractivity (Wildman–Crippen MR) is 96.4 cm³/mol. The summed E-state index contributed by atoms with van der Waals surface area (Å²) in [5.41, 5.74) is 1.64. The number of benzene rings is 1. The van der Waals surface area contributed by atoms with Crippen molar-refractivity contribution < 1.29 is 9.18 Å². The number of hydrogen-bond acceptors (Lipinski definition) is 4. The molecule has 3 aromatic heterocycles. The molecule has 0 saturated carbocycles. The van der Waals surface area contributed by atoms with Gasteiger partial charge in [0.25, 0.3) is 5.91 Å². The lowest BCUT2D eigenvalue weighted by Crippen LogP contribution is -2.11. The van der Waals surface area contributed by atoms with Gasteiger partial charge in [0.15, 0.2) is 5.82 Å². The van der Waals surface area contributed by atoms with Gasteiger partial charge in [-0.2, -0.15) is 5.10 Å². The van der Waals surface area contributed by atoms with Crippen molar-refractivity contribution in [3.8, 4) is 10.6 Å². The largest absolute Gasteiger partial charge is 0.304 e. The third-order valence-corrected chi connectivity index (χ3v) is 5.89. The smallest absolute Gasteiger partial charge is 0.267 e. The normalized spacial score (nSPS) is 11.1. The number of H-pyrrole nitrogens is 1. The molecule has 4 aromatic rings. The zero-order valence-corrected chi connectivity index (χ0v) is 14.2. The molecule has 4 rings (SSSR count). The number of aromatic nitrogens is 2. The molecule has 0 saturated heterocycles. The van der Waals surface area contributed by atoms with Crippen molar-refractivity contribution in [2.75, 3.05) is 5.32 Å². The molecule has 3 heterocycles. The van der Waals surface area contributed by atoms with E-state index < -0.39 is 0 Å². The van der Waals surface area contributed by atoms with Gasteiger partial charge >= 0.3 is 0 Å². The number of nitrogens with zero attached hydrogens (tertiary/aromatic N) is 1. The van der Waals surface area contributed by atoms with Crippen LogP contribution in [0.4, 0.5) is 10.2 Å². The first kappa shape index (κ1) is 15.0. The lowest BCUT2D eigenvalue weighted by Gasteiger charge is -2.00. The Morgan fingerprint density at radius 2 is 2.17 bits per heavy atom. The van der Waals surface area contributed by atoms with Crippen molar-refractivity contribution >= 4 is 44.5 Å². The maximum atomic E-state index is 13.4. The molecular formula is C17H12FN3OS2. The van der Waals surface area contributed by atoms with Crippen LogP contribution in [0.15, 0.2) is 41.8 Å². The van der Waals surface area contributed by atoms with Gasteiger partial charge in [-0.15, -0.1) is 22.7 Å². The van der Waals surface area contributed by atoms with Crippen molar-refractivity contribution in [2.45, 2.75) is 6.92 Å². The molecule has 0 unspecified atom stereocenters. The minimum absolute atomic E-state index is 0.238. The number of aromatic amines is 1. The average Bonchev–Trinajstić information content (AvgIpc) is 3.28. The molecule has 0 fully saturated rings. The van der Waals surface area contributed by atoms with Crippen molar-refractivity contribution in [3.63, 3.8) is 0 Å². The Bertz CT molecular complexity index is 1030. The van der Waals surface area contributed by atoms with Gasteiger partial charge in [0.05, 0.1) is 15.4 Å². The summed E-state index contributed by atoms with van der Waals surface area (Å²) in [5, 5.41) is 12.6. The molecule has 2 N–H and O–H groups in total. The summed E-state index contributed by atoms with van der Waals surface area (Å²) in [4.78, 5) is 14.2. The van der Waals surface area contributed by atoms with E-state index in [0.717, 1.165) is 26.2 Å². The topological polar surface area (TPSA) is 57.8 Å². The second kappa shape index (κ2) is 5.85. The number of nitrogens with one attached hydrogen (secondary N) is 2. The maximum absolute atomic E-state index is 13.4. The van der Waals surface area contributed by atoms with Gasteiger partial charge in [-0.25, -0.2) is 4.39 Å². The van der Waals surface area contributed by atoms with Crippen LogP contribution in [0.25, 0.3) is 20.7 Å². The zero-order chi connectivity index (χ0) is 16.7. The third kappa shape index (κ3) is 2.61. The van der Waals surface area contributed by atoms with E-state index in [-0.39, 0.29) is 11.7 Å². The highest BCUT2D eigenvalue weighted by Gasteiger charge is 2.17. The first-order valence-electron chi connectivity index (χ1n) is 7.21. The van der Waals surface area contributed by atoms with Crippen LogP contribution < -0.4 is 5.32 Å². The summed E-state index contributed by atoms with van der Waals surface area (Å²) < 4.78 is 14.3.